The lowest BCUT2D eigenvalue weighted by molar-refractivity contribution is -0.120. The lowest BCUT2D eigenvalue weighted by Crippen LogP contribution is -2.36. The van der Waals surface area contributed by atoms with Gasteiger partial charge in [0.2, 0.25) is 11.8 Å². The summed E-state index contributed by atoms with van der Waals surface area (Å²) in [7, 11) is 1.57. The number of nitrogens with zero attached hydrogens (tertiary/aromatic N) is 1. The molecule has 5 nitrogen and oxygen atoms in total. The van der Waals surface area contributed by atoms with Gasteiger partial charge in [-0.3, -0.25) is 9.59 Å². The Bertz CT molecular complexity index is 744. The van der Waals surface area contributed by atoms with Crippen LogP contribution in [0, 0.1) is 6.92 Å². The van der Waals surface area contributed by atoms with E-state index < -0.39 is 0 Å². The largest absolute Gasteiger partial charge is 0.497 e. The van der Waals surface area contributed by atoms with Crippen LogP contribution in [-0.2, 0) is 9.59 Å². The van der Waals surface area contributed by atoms with Gasteiger partial charge in [-0.2, -0.15) is 0 Å². The van der Waals surface area contributed by atoms with E-state index in [1.165, 1.54) is 11.8 Å². The first kappa shape index (κ1) is 17.8. The standard InChI is InChI=1S/C18H19ClN2O3/c1-12-16(19)5-4-6-17(12)20-18(23)11-21(13(2)22)14-7-9-15(24-3)10-8-14/h4-10H,11H2,1-3H3,(H,20,23). The molecule has 2 amide bonds. The first-order chi connectivity index (χ1) is 11.4. The van der Waals surface area contributed by atoms with E-state index in [9.17, 15) is 9.59 Å². The minimum atomic E-state index is -0.300. The Balaban J connectivity index is 2.13. The first-order valence-corrected chi connectivity index (χ1v) is 7.77. The fourth-order valence-electron chi connectivity index (χ4n) is 2.22. The summed E-state index contributed by atoms with van der Waals surface area (Å²) in [6, 6.07) is 12.2. The van der Waals surface area contributed by atoms with Crippen molar-refractivity contribution in [1.29, 1.82) is 0 Å². The van der Waals surface area contributed by atoms with Crippen molar-refractivity contribution in [1.82, 2.24) is 0 Å². The molecule has 24 heavy (non-hydrogen) atoms. The number of methoxy groups -OCH3 is 1. The van der Waals surface area contributed by atoms with Crippen LogP contribution < -0.4 is 15.0 Å². The van der Waals surface area contributed by atoms with Crippen molar-refractivity contribution >= 4 is 34.8 Å². The summed E-state index contributed by atoms with van der Waals surface area (Å²) in [5, 5.41) is 3.36. The third-order valence-corrected chi connectivity index (χ3v) is 4.02. The number of amides is 2. The van der Waals surface area contributed by atoms with Crippen LogP contribution in [0.1, 0.15) is 12.5 Å². The number of benzene rings is 2. The van der Waals surface area contributed by atoms with Crippen LogP contribution in [0.4, 0.5) is 11.4 Å². The number of carbonyl (C=O) groups is 2. The molecule has 0 aromatic heterocycles. The molecule has 2 aromatic carbocycles. The molecule has 126 valence electrons. The number of carbonyl (C=O) groups excluding carboxylic acids is 2. The fraction of sp³-hybridized carbons (Fsp3) is 0.222. The Labute approximate surface area is 146 Å². The molecule has 0 aliphatic rings. The highest BCUT2D eigenvalue weighted by Gasteiger charge is 2.16. The smallest absolute Gasteiger partial charge is 0.244 e. The second-order valence-electron chi connectivity index (χ2n) is 5.26. The molecule has 0 heterocycles. The molecule has 0 aliphatic heterocycles. The highest BCUT2D eigenvalue weighted by Crippen LogP contribution is 2.23. The monoisotopic (exact) mass is 346 g/mol. The number of hydrogen-bond acceptors (Lipinski definition) is 3. The van der Waals surface area contributed by atoms with E-state index in [0.717, 1.165) is 5.56 Å². The first-order valence-electron chi connectivity index (χ1n) is 7.39. The molecule has 0 atom stereocenters. The molecular formula is C18H19ClN2O3. The Hall–Kier alpha value is -2.53. The molecule has 0 saturated carbocycles. The van der Waals surface area contributed by atoms with Gasteiger partial charge in [-0.1, -0.05) is 17.7 Å². The van der Waals surface area contributed by atoms with Crippen molar-refractivity contribution in [2.24, 2.45) is 0 Å². The summed E-state index contributed by atoms with van der Waals surface area (Å²) in [6.45, 7) is 3.15. The highest BCUT2D eigenvalue weighted by molar-refractivity contribution is 6.31. The van der Waals surface area contributed by atoms with Crippen molar-refractivity contribution in [3.05, 3.63) is 53.1 Å². The summed E-state index contributed by atoms with van der Waals surface area (Å²) in [5.74, 6) is 0.158. The van der Waals surface area contributed by atoms with E-state index in [2.05, 4.69) is 5.32 Å². The topological polar surface area (TPSA) is 58.6 Å². The quantitative estimate of drug-likeness (QED) is 0.899. The fourth-order valence-corrected chi connectivity index (χ4v) is 2.40. The van der Waals surface area contributed by atoms with Crippen molar-refractivity contribution in [3.8, 4) is 5.75 Å². The van der Waals surface area contributed by atoms with Crippen molar-refractivity contribution < 1.29 is 14.3 Å². The Morgan fingerprint density at radius 2 is 1.83 bits per heavy atom. The molecule has 0 fully saturated rings. The zero-order chi connectivity index (χ0) is 17.7. The maximum Gasteiger partial charge on any atom is 0.244 e. The molecule has 0 unspecified atom stereocenters. The number of hydrogen-bond donors (Lipinski definition) is 1. The zero-order valence-electron chi connectivity index (χ0n) is 13.8. The zero-order valence-corrected chi connectivity index (χ0v) is 14.6. The summed E-state index contributed by atoms with van der Waals surface area (Å²) < 4.78 is 5.10. The molecule has 2 aromatic rings. The minimum absolute atomic E-state index is 0.0897. The SMILES string of the molecule is COc1ccc(N(CC(=O)Nc2cccc(Cl)c2C)C(C)=O)cc1. The molecular weight excluding hydrogens is 328 g/mol. The molecule has 6 heteroatoms. The molecule has 0 radical (unpaired) electrons. The molecule has 0 bridgehead atoms. The van der Waals surface area contributed by atoms with Crippen molar-refractivity contribution in [2.75, 3.05) is 23.9 Å². The maximum atomic E-state index is 12.3. The van der Waals surface area contributed by atoms with Gasteiger partial charge in [0.1, 0.15) is 12.3 Å². The van der Waals surface area contributed by atoms with Crippen LogP contribution in [0.25, 0.3) is 0 Å². The van der Waals surface area contributed by atoms with Crippen LogP contribution >= 0.6 is 11.6 Å². The average molecular weight is 347 g/mol. The van der Waals surface area contributed by atoms with E-state index in [0.29, 0.717) is 22.1 Å². The predicted octanol–water partition coefficient (Wildman–Crippen LogP) is 3.65. The normalized spacial score (nSPS) is 10.2. The number of rotatable bonds is 5. The van der Waals surface area contributed by atoms with Gasteiger partial charge in [-0.05, 0) is 48.9 Å². The number of anilines is 2. The van der Waals surface area contributed by atoms with Crippen LogP contribution in [-0.4, -0.2) is 25.5 Å². The molecule has 0 spiro atoms. The summed E-state index contributed by atoms with van der Waals surface area (Å²) in [5.41, 5.74) is 2.04. The van der Waals surface area contributed by atoms with Gasteiger partial charge in [0.15, 0.2) is 0 Å². The Morgan fingerprint density at radius 3 is 2.42 bits per heavy atom. The van der Waals surface area contributed by atoms with E-state index in [4.69, 9.17) is 16.3 Å². The number of ether oxygens (including phenoxy) is 1. The molecule has 1 N–H and O–H groups in total. The van der Waals surface area contributed by atoms with Crippen LogP contribution in [0.5, 0.6) is 5.75 Å². The predicted molar refractivity (Wildman–Crippen MR) is 95.8 cm³/mol. The van der Waals surface area contributed by atoms with Crippen LogP contribution in [0.3, 0.4) is 0 Å². The molecule has 0 aliphatic carbocycles. The molecule has 0 saturated heterocycles. The van der Waals surface area contributed by atoms with Gasteiger partial charge in [-0.25, -0.2) is 0 Å². The van der Waals surface area contributed by atoms with E-state index in [-0.39, 0.29) is 18.4 Å². The number of nitrogens with one attached hydrogen (secondary N) is 1. The van der Waals surface area contributed by atoms with Crippen LogP contribution in [0.15, 0.2) is 42.5 Å². The molecule has 2 rings (SSSR count). The third-order valence-electron chi connectivity index (χ3n) is 3.61. The average Bonchev–Trinajstić information content (AvgIpc) is 2.57. The van der Waals surface area contributed by atoms with E-state index >= 15 is 0 Å². The highest BCUT2D eigenvalue weighted by atomic mass is 35.5. The lowest BCUT2D eigenvalue weighted by Gasteiger charge is -2.21. The van der Waals surface area contributed by atoms with Gasteiger partial charge in [-0.15, -0.1) is 0 Å². The minimum Gasteiger partial charge on any atom is -0.497 e. The van der Waals surface area contributed by atoms with Gasteiger partial charge in [0.05, 0.1) is 7.11 Å². The van der Waals surface area contributed by atoms with Gasteiger partial charge in [0.25, 0.3) is 0 Å². The summed E-state index contributed by atoms with van der Waals surface area (Å²) in [4.78, 5) is 25.6. The Morgan fingerprint density at radius 1 is 1.17 bits per heavy atom. The second-order valence-corrected chi connectivity index (χ2v) is 5.67. The second kappa shape index (κ2) is 7.84. The van der Waals surface area contributed by atoms with Gasteiger partial charge in [0, 0.05) is 23.3 Å². The van der Waals surface area contributed by atoms with Gasteiger partial charge < -0.3 is 15.0 Å². The summed E-state index contributed by atoms with van der Waals surface area (Å²) >= 11 is 6.05. The lowest BCUT2D eigenvalue weighted by atomic mass is 10.2. The van der Waals surface area contributed by atoms with Crippen molar-refractivity contribution in [2.45, 2.75) is 13.8 Å². The van der Waals surface area contributed by atoms with Gasteiger partial charge >= 0.3 is 0 Å². The summed E-state index contributed by atoms with van der Waals surface area (Å²) in [6.07, 6.45) is 0. The van der Waals surface area contributed by atoms with Crippen molar-refractivity contribution in [3.63, 3.8) is 0 Å². The Kier molecular flexibility index (Phi) is 5.82. The van der Waals surface area contributed by atoms with Crippen LogP contribution in [0.2, 0.25) is 5.02 Å². The van der Waals surface area contributed by atoms with E-state index in [1.54, 1.807) is 49.6 Å². The number of halogens is 1. The van der Waals surface area contributed by atoms with E-state index in [1.807, 2.05) is 6.92 Å². The maximum absolute atomic E-state index is 12.3. The third kappa shape index (κ3) is 4.26.